The van der Waals surface area contributed by atoms with E-state index in [9.17, 15) is 4.79 Å². The van der Waals surface area contributed by atoms with Crippen LogP contribution in [0.25, 0.3) is 5.82 Å². The lowest BCUT2D eigenvalue weighted by Crippen LogP contribution is -2.17. The van der Waals surface area contributed by atoms with Gasteiger partial charge in [-0.2, -0.15) is 5.10 Å². The largest absolute Gasteiger partial charge is 0.497 e. The molecule has 0 aliphatic rings. The zero-order valence-electron chi connectivity index (χ0n) is 14.0. The zero-order chi connectivity index (χ0) is 17.6. The molecule has 0 saturated carbocycles. The lowest BCUT2D eigenvalue weighted by Gasteiger charge is -2.12. The van der Waals surface area contributed by atoms with Gasteiger partial charge in [0.15, 0.2) is 5.82 Å². The summed E-state index contributed by atoms with van der Waals surface area (Å²) in [4.78, 5) is 16.8. The number of pyridine rings is 1. The van der Waals surface area contributed by atoms with Crippen molar-refractivity contribution in [2.45, 2.75) is 6.42 Å². The standard InChI is InChI=1S/C18H18N4O3/c1-24-14-7-6-13(16(12-14)25-2)11-17(23)21-15-5-3-8-19-18(15)22-10-4-9-20-22/h3-10,12H,11H2,1-2H3,(H,21,23). The van der Waals surface area contributed by atoms with Gasteiger partial charge in [-0.25, -0.2) is 9.67 Å². The Morgan fingerprint density at radius 1 is 1.16 bits per heavy atom. The summed E-state index contributed by atoms with van der Waals surface area (Å²) in [6.07, 6.45) is 5.24. The van der Waals surface area contributed by atoms with Crippen LogP contribution in [0.1, 0.15) is 5.56 Å². The molecule has 0 aliphatic heterocycles. The Morgan fingerprint density at radius 2 is 2.04 bits per heavy atom. The number of hydrogen-bond acceptors (Lipinski definition) is 5. The zero-order valence-corrected chi connectivity index (χ0v) is 14.0. The molecule has 2 aromatic heterocycles. The Kier molecular flexibility index (Phi) is 4.94. The molecule has 7 nitrogen and oxygen atoms in total. The summed E-state index contributed by atoms with van der Waals surface area (Å²) >= 11 is 0. The molecular formula is C18H18N4O3. The highest BCUT2D eigenvalue weighted by Gasteiger charge is 2.13. The van der Waals surface area contributed by atoms with Crippen LogP contribution in [0.5, 0.6) is 11.5 Å². The summed E-state index contributed by atoms with van der Waals surface area (Å²) in [7, 11) is 3.15. The molecule has 0 radical (unpaired) electrons. The molecule has 128 valence electrons. The summed E-state index contributed by atoms with van der Waals surface area (Å²) < 4.78 is 12.1. The first-order valence-corrected chi connectivity index (χ1v) is 7.67. The van der Waals surface area contributed by atoms with Crippen LogP contribution in [-0.4, -0.2) is 34.9 Å². The minimum atomic E-state index is -0.176. The van der Waals surface area contributed by atoms with E-state index in [1.807, 2.05) is 6.07 Å². The first-order chi connectivity index (χ1) is 12.2. The Hall–Kier alpha value is -3.35. The van der Waals surface area contributed by atoms with Gasteiger partial charge in [0.25, 0.3) is 0 Å². The Bertz CT molecular complexity index is 863. The van der Waals surface area contributed by atoms with Gasteiger partial charge in [-0.15, -0.1) is 0 Å². The number of aromatic nitrogens is 3. The predicted octanol–water partition coefficient (Wildman–Crippen LogP) is 2.47. The number of ether oxygens (including phenoxy) is 2. The fourth-order valence-electron chi connectivity index (χ4n) is 2.44. The summed E-state index contributed by atoms with van der Waals surface area (Å²) in [5.41, 5.74) is 1.36. The number of hydrogen-bond donors (Lipinski definition) is 1. The van der Waals surface area contributed by atoms with Gasteiger partial charge in [-0.3, -0.25) is 4.79 Å². The topological polar surface area (TPSA) is 78.3 Å². The van der Waals surface area contributed by atoms with E-state index in [2.05, 4.69) is 15.4 Å². The third-order valence-electron chi connectivity index (χ3n) is 3.63. The van der Waals surface area contributed by atoms with E-state index in [1.54, 1.807) is 67.8 Å². The molecule has 3 rings (SSSR count). The van der Waals surface area contributed by atoms with Crippen LogP contribution >= 0.6 is 0 Å². The van der Waals surface area contributed by atoms with Crippen LogP contribution < -0.4 is 14.8 Å². The molecule has 1 amide bonds. The number of amides is 1. The van der Waals surface area contributed by atoms with Gasteiger partial charge in [-0.05, 0) is 24.3 Å². The van der Waals surface area contributed by atoms with Crippen molar-refractivity contribution in [1.82, 2.24) is 14.8 Å². The number of nitrogens with one attached hydrogen (secondary N) is 1. The van der Waals surface area contributed by atoms with Crippen molar-refractivity contribution < 1.29 is 14.3 Å². The van der Waals surface area contributed by atoms with Gasteiger partial charge in [0.2, 0.25) is 5.91 Å². The average Bonchev–Trinajstić information content (AvgIpc) is 3.17. The van der Waals surface area contributed by atoms with Crippen LogP contribution in [0, 0.1) is 0 Å². The SMILES string of the molecule is COc1ccc(CC(=O)Nc2cccnc2-n2cccn2)c(OC)c1. The monoisotopic (exact) mass is 338 g/mol. The van der Waals surface area contributed by atoms with Gasteiger partial charge in [0.1, 0.15) is 11.5 Å². The van der Waals surface area contributed by atoms with Crippen molar-refractivity contribution in [3.63, 3.8) is 0 Å². The molecule has 0 bridgehead atoms. The molecule has 0 fully saturated rings. The predicted molar refractivity (Wildman–Crippen MR) is 93.2 cm³/mol. The van der Waals surface area contributed by atoms with Crippen molar-refractivity contribution in [3.05, 3.63) is 60.6 Å². The lowest BCUT2D eigenvalue weighted by molar-refractivity contribution is -0.115. The molecule has 2 heterocycles. The fourth-order valence-corrected chi connectivity index (χ4v) is 2.44. The Labute approximate surface area is 145 Å². The second kappa shape index (κ2) is 7.48. The van der Waals surface area contributed by atoms with Gasteiger partial charge >= 0.3 is 0 Å². The van der Waals surface area contributed by atoms with Crippen LogP contribution in [0.3, 0.4) is 0 Å². The van der Waals surface area contributed by atoms with Crippen molar-refractivity contribution in [1.29, 1.82) is 0 Å². The number of rotatable bonds is 6. The fraction of sp³-hybridized carbons (Fsp3) is 0.167. The Balaban J connectivity index is 1.78. The van der Waals surface area contributed by atoms with Crippen molar-refractivity contribution >= 4 is 11.6 Å². The number of anilines is 1. The van der Waals surface area contributed by atoms with Crippen LogP contribution in [0.15, 0.2) is 55.0 Å². The smallest absolute Gasteiger partial charge is 0.229 e. The minimum absolute atomic E-state index is 0.167. The number of methoxy groups -OCH3 is 2. The minimum Gasteiger partial charge on any atom is -0.497 e. The van der Waals surface area contributed by atoms with E-state index < -0.39 is 0 Å². The summed E-state index contributed by atoms with van der Waals surface area (Å²) in [6, 6.07) is 10.7. The van der Waals surface area contributed by atoms with Crippen LogP contribution in [0.4, 0.5) is 5.69 Å². The van der Waals surface area contributed by atoms with E-state index in [1.165, 1.54) is 0 Å². The number of carbonyl (C=O) groups is 1. The lowest BCUT2D eigenvalue weighted by atomic mass is 10.1. The van der Waals surface area contributed by atoms with Crippen LogP contribution in [0.2, 0.25) is 0 Å². The quantitative estimate of drug-likeness (QED) is 0.747. The summed E-state index contributed by atoms with van der Waals surface area (Å²) in [6.45, 7) is 0. The second-order valence-corrected chi connectivity index (χ2v) is 5.23. The van der Waals surface area contributed by atoms with E-state index in [4.69, 9.17) is 9.47 Å². The molecule has 1 N–H and O–H groups in total. The van der Waals surface area contributed by atoms with Crippen molar-refractivity contribution in [2.75, 3.05) is 19.5 Å². The number of nitrogens with zero attached hydrogens (tertiary/aromatic N) is 3. The number of benzene rings is 1. The third-order valence-corrected chi connectivity index (χ3v) is 3.63. The van der Waals surface area contributed by atoms with E-state index >= 15 is 0 Å². The summed E-state index contributed by atoms with van der Waals surface area (Å²) in [5, 5.41) is 7.03. The maximum absolute atomic E-state index is 12.5. The average molecular weight is 338 g/mol. The highest BCUT2D eigenvalue weighted by molar-refractivity contribution is 5.94. The highest BCUT2D eigenvalue weighted by atomic mass is 16.5. The molecule has 7 heteroatoms. The van der Waals surface area contributed by atoms with Crippen molar-refractivity contribution in [3.8, 4) is 17.3 Å². The highest BCUT2D eigenvalue weighted by Crippen LogP contribution is 2.25. The van der Waals surface area contributed by atoms with Crippen molar-refractivity contribution in [2.24, 2.45) is 0 Å². The van der Waals surface area contributed by atoms with E-state index in [0.717, 1.165) is 5.56 Å². The van der Waals surface area contributed by atoms with E-state index in [-0.39, 0.29) is 12.3 Å². The first kappa shape index (κ1) is 16.5. The molecular weight excluding hydrogens is 320 g/mol. The first-order valence-electron chi connectivity index (χ1n) is 7.67. The molecule has 3 aromatic rings. The van der Waals surface area contributed by atoms with Gasteiger partial charge in [0.05, 0.1) is 26.3 Å². The second-order valence-electron chi connectivity index (χ2n) is 5.23. The Morgan fingerprint density at radius 3 is 2.76 bits per heavy atom. The van der Waals surface area contributed by atoms with Crippen LogP contribution in [-0.2, 0) is 11.2 Å². The normalized spacial score (nSPS) is 10.3. The molecule has 0 spiro atoms. The summed E-state index contributed by atoms with van der Waals surface area (Å²) in [5.74, 6) is 1.66. The molecule has 25 heavy (non-hydrogen) atoms. The molecule has 0 atom stereocenters. The number of carbonyl (C=O) groups excluding carboxylic acids is 1. The molecule has 0 aliphatic carbocycles. The maximum atomic E-state index is 12.5. The third kappa shape index (κ3) is 3.77. The molecule has 0 saturated heterocycles. The van der Waals surface area contributed by atoms with E-state index in [0.29, 0.717) is 23.0 Å². The molecule has 1 aromatic carbocycles. The van der Waals surface area contributed by atoms with Gasteiger partial charge in [0, 0.05) is 30.2 Å². The maximum Gasteiger partial charge on any atom is 0.229 e. The molecule has 0 unspecified atom stereocenters. The van der Waals surface area contributed by atoms with Gasteiger partial charge in [-0.1, -0.05) is 6.07 Å². The van der Waals surface area contributed by atoms with Gasteiger partial charge < -0.3 is 14.8 Å².